The molecule has 0 radical (unpaired) electrons. The van der Waals surface area contributed by atoms with E-state index in [2.05, 4.69) is 15.0 Å². The number of methoxy groups -OCH3 is 1. The molecule has 9 heteroatoms. The molecular weight excluding hydrogens is 333 g/mol. The predicted octanol–water partition coefficient (Wildman–Crippen LogP) is 3.51. The number of aryl methyl sites for hydroxylation is 1. The van der Waals surface area contributed by atoms with Gasteiger partial charge < -0.3 is 4.74 Å². The minimum Gasteiger partial charge on any atom is -0.465 e. The number of carbonyl (C=O) groups is 2. The van der Waals surface area contributed by atoms with E-state index in [0.29, 0.717) is 5.69 Å². The fourth-order valence-corrected chi connectivity index (χ4v) is 2.59. The third-order valence-electron chi connectivity index (χ3n) is 2.86. The fourth-order valence-electron chi connectivity index (χ4n) is 1.71. The van der Waals surface area contributed by atoms with Gasteiger partial charge in [-0.05, 0) is 31.2 Å². The van der Waals surface area contributed by atoms with Crippen LogP contribution in [0.1, 0.15) is 31.3 Å². The molecule has 0 aliphatic carbocycles. The van der Waals surface area contributed by atoms with Crippen LogP contribution >= 0.6 is 11.3 Å². The number of esters is 1. The van der Waals surface area contributed by atoms with Gasteiger partial charge in [-0.1, -0.05) is 11.3 Å². The van der Waals surface area contributed by atoms with Crippen molar-refractivity contribution >= 4 is 28.3 Å². The topological polar surface area (TPSA) is 68.3 Å². The molecule has 0 atom stereocenters. The number of alkyl halides is 3. The molecule has 0 saturated carbocycles. The molecule has 0 unspecified atom stereocenters. The zero-order valence-electron chi connectivity index (χ0n) is 12.0. The molecule has 0 fully saturated rings. The highest BCUT2D eigenvalue weighted by Crippen LogP contribution is 2.29. The van der Waals surface area contributed by atoms with Crippen molar-refractivity contribution in [2.24, 2.45) is 0 Å². The van der Waals surface area contributed by atoms with Crippen molar-refractivity contribution in [3.8, 4) is 0 Å². The molecule has 0 aliphatic heterocycles. The number of hydrogen-bond acceptors (Lipinski definition) is 5. The van der Waals surface area contributed by atoms with Crippen LogP contribution in [0, 0.1) is 6.92 Å². The number of nitrogens with zero attached hydrogens (tertiary/aromatic N) is 1. The number of carbonyl (C=O) groups excluding carboxylic acids is 2. The van der Waals surface area contributed by atoms with Crippen LogP contribution < -0.4 is 5.32 Å². The second-order valence-corrected chi connectivity index (χ2v) is 5.45. The van der Waals surface area contributed by atoms with Crippen molar-refractivity contribution in [2.75, 3.05) is 12.4 Å². The summed E-state index contributed by atoms with van der Waals surface area (Å²) in [5.41, 5.74) is -0.401. The largest absolute Gasteiger partial charge is 0.465 e. The van der Waals surface area contributed by atoms with Gasteiger partial charge in [0, 0.05) is 5.56 Å². The van der Waals surface area contributed by atoms with Crippen molar-refractivity contribution < 1.29 is 27.5 Å². The molecule has 1 amide bonds. The van der Waals surface area contributed by atoms with Gasteiger partial charge in [-0.2, -0.15) is 13.2 Å². The van der Waals surface area contributed by atoms with E-state index in [-0.39, 0.29) is 15.6 Å². The smallest absolute Gasteiger partial charge is 0.416 e. The van der Waals surface area contributed by atoms with Crippen molar-refractivity contribution in [1.82, 2.24) is 4.98 Å². The molecule has 1 N–H and O–H groups in total. The van der Waals surface area contributed by atoms with Gasteiger partial charge in [0.05, 0.1) is 18.4 Å². The first kappa shape index (κ1) is 16.9. The average Bonchev–Trinajstić information content (AvgIpc) is 2.86. The molecular formula is C14H11F3N2O3S. The molecule has 0 spiro atoms. The summed E-state index contributed by atoms with van der Waals surface area (Å²) in [6.45, 7) is 1.58. The van der Waals surface area contributed by atoms with Gasteiger partial charge in [-0.15, -0.1) is 0 Å². The third-order valence-corrected chi connectivity index (χ3v) is 3.92. The summed E-state index contributed by atoms with van der Waals surface area (Å²) < 4.78 is 42.0. The summed E-state index contributed by atoms with van der Waals surface area (Å²) in [7, 11) is 1.22. The van der Waals surface area contributed by atoms with Crippen LogP contribution in [-0.2, 0) is 10.9 Å². The summed E-state index contributed by atoms with van der Waals surface area (Å²) in [6.07, 6.45) is -4.46. The minimum absolute atomic E-state index is 0.0467. The van der Waals surface area contributed by atoms with Crippen LogP contribution in [0.2, 0.25) is 0 Å². The van der Waals surface area contributed by atoms with Gasteiger partial charge in [0.15, 0.2) is 5.13 Å². The molecule has 2 aromatic rings. The number of anilines is 1. The molecule has 2 rings (SSSR count). The Hall–Kier alpha value is -2.42. The van der Waals surface area contributed by atoms with Crippen molar-refractivity contribution in [1.29, 1.82) is 0 Å². The lowest BCUT2D eigenvalue weighted by Crippen LogP contribution is -2.12. The Labute approximate surface area is 133 Å². The van der Waals surface area contributed by atoms with Gasteiger partial charge in [0.2, 0.25) is 0 Å². The SMILES string of the molecule is COC(=O)c1sc(NC(=O)c2ccc(C(F)(F)F)cc2)nc1C. The number of rotatable bonds is 3. The highest BCUT2D eigenvalue weighted by molar-refractivity contribution is 7.17. The predicted molar refractivity (Wildman–Crippen MR) is 77.6 cm³/mol. The molecule has 0 bridgehead atoms. The Bertz CT molecular complexity index is 739. The first-order valence-electron chi connectivity index (χ1n) is 6.26. The molecule has 0 aliphatic rings. The third kappa shape index (κ3) is 3.86. The Morgan fingerprint density at radius 3 is 2.35 bits per heavy atom. The van der Waals surface area contributed by atoms with Crippen molar-refractivity contribution in [2.45, 2.75) is 13.1 Å². The normalized spacial score (nSPS) is 11.2. The molecule has 1 aromatic carbocycles. The standard InChI is InChI=1S/C14H11F3N2O3S/c1-7-10(12(21)22-2)23-13(18-7)19-11(20)8-3-5-9(6-4-8)14(15,16)17/h3-6H,1-2H3,(H,18,19,20). The van der Waals surface area contributed by atoms with Gasteiger partial charge in [0.25, 0.3) is 5.91 Å². The number of ether oxygens (including phenoxy) is 1. The Morgan fingerprint density at radius 2 is 1.83 bits per heavy atom. The molecule has 0 saturated heterocycles. The Kier molecular flexibility index (Phi) is 4.69. The highest BCUT2D eigenvalue weighted by Gasteiger charge is 2.30. The number of halogens is 3. The number of nitrogens with one attached hydrogen (secondary N) is 1. The molecule has 1 aromatic heterocycles. The van der Waals surface area contributed by atoms with E-state index in [1.807, 2.05) is 0 Å². The molecule has 23 heavy (non-hydrogen) atoms. The average molecular weight is 344 g/mol. The highest BCUT2D eigenvalue weighted by atomic mass is 32.1. The summed E-state index contributed by atoms with van der Waals surface area (Å²) in [5, 5.41) is 2.60. The zero-order valence-corrected chi connectivity index (χ0v) is 12.8. The second kappa shape index (κ2) is 6.37. The number of aromatic nitrogens is 1. The maximum Gasteiger partial charge on any atom is 0.416 e. The van der Waals surface area contributed by atoms with Crippen LogP contribution in [0.4, 0.5) is 18.3 Å². The van der Waals surface area contributed by atoms with Crippen LogP contribution in [0.25, 0.3) is 0 Å². The van der Waals surface area contributed by atoms with E-state index < -0.39 is 23.6 Å². The van der Waals surface area contributed by atoms with Gasteiger partial charge >= 0.3 is 12.1 Å². The number of amides is 1. The quantitative estimate of drug-likeness (QED) is 0.865. The zero-order chi connectivity index (χ0) is 17.2. The molecule has 122 valence electrons. The fraction of sp³-hybridized carbons (Fsp3) is 0.214. The van der Waals surface area contributed by atoms with E-state index >= 15 is 0 Å². The van der Waals surface area contributed by atoms with Crippen molar-refractivity contribution in [3.63, 3.8) is 0 Å². The minimum atomic E-state index is -4.46. The van der Waals surface area contributed by atoms with Gasteiger partial charge in [0.1, 0.15) is 4.88 Å². The van der Waals surface area contributed by atoms with Crippen LogP contribution in [0.5, 0.6) is 0 Å². The Balaban J connectivity index is 2.15. The van der Waals surface area contributed by atoms with E-state index in [4.69, 9.17) is 0 Å². The first-order chi connectivity index (χ1) is 10.7. The lowest BCUT2D eigenvalue weighted by atomic mass is 10.1. The lowest BCUT2D eigenvalue weighted by Gasteiger charge is -2.07. The first-order valence-corrected chi connectivity index (χ1v) is 7.08. The summed E-state index contributed by atoms with van der Waals surface area (Å²) >= 11 is 0.925. The maximum absolute atomic E-state index is 12.5. The van der Waals surface area contributed by atoms with E-state index in [1.165, 1.54) is 7.11 Å². The van der Waals surface area contributed by atoms with E-state index in [0.717, 1.165) is 35.6 Å². The number of hydrogen-bond donors (Lipinski definition) is 1. The molecule has 1 heterocycles. The van der Waals surface area contributed by atoms with Gasteiger partial charge in [-0.25, -0.2) is 9.78 Å². The van der Waals surface area contributed by atoms with Gasteiger partial charge in [-0.3, -0.25) is 10.1 Å². The lowest BCUT2D eigenvalue weighted by molar-refractivity contribution is -0.137. The summed E-state index contributed by atoms with van der Waals surface area (Å²) in [5.74, 6) is -1.20. The Morgan fingerprint density at radius 1 is 1.22 bits per heavy atom. The van der Waals surface area contributed by atoms with Crippen LogP contribution in [0.15, 0.2) is 24.3 Å². The van der Waals surface area contributed by atoms with Crippen LogP contribution in [0.3, 0.4) is 0 Å². The maximum atomic E-state index is 12.5. The monoisotopic (exact) mass is 344 g/mol. The van der Waals surface area contributed by atoms with E-state index in [1.54, 1.807) is 6.92 Å². The van der Waals surface area contributed by atoms with Crippen molar-refractivity contribution in [3.05, 3.63) is 46.0 Å². The summed E-state index contributed by atoms with van der Waals surface area (Å²) in [6, 6.07) is 3.78. The molecule has 5 nitrogen and oxygen atoms in total. The van der Waals surface area contributed by atoms with Crippen LogP contribution in [-0.4, -0.2) is 24.0 Å². The van der Waals surface area contributed by atoms with E-state index in [9.17, 15) is 22.8 Å². The second-order valence-electron chi connectivity index (χ2n) is 4.45. The number of benzene rings is 1. The summed E-state index contributed by atoms with van der Waals surface area (Å²) in [4.78, 5) is 27.7. The number of thiazole rings is 1.